The first-order chi connectivity index (χ1) is 14.3. The minimum atomic E-state index is 0.147. The highest BCUT2D eigenvalue weighted by Crippen LogP contribution is 2.50. The molecule has 0 N–H and O–H groups in total. The van der Waals surface area contributed by atoms with Crippen LogP contribution in [0.2, 0.25) is 0 Å². The molecule has 0 spiro atoms. The second kappa shape index (κ2) is 9.86. The third-order valence-electron chi connectivity index (χ3n) is 6.23. The molecule has 1 heterocycles. The van der Waals surface area contributed by atoms with Gasteiger partial charge in [-0.05, 0) is 90.0 Å². The number of alkyl halides is 1. The molecule has 2 nitrogen and oxygen atoms in total. The normalized spacial score (nSPS) is 19.2. The molecule has 3 rings (SSSR count). The van der Waals surface area contributed by atoms with Crippen LogP contribution in [-0.2, 0) is 0 Å². The molecule has 0 saturated carbocycles. The lowest BCUT2D eigenvalue weighted by Gasteiger charge is -2.40. The molecule has 1 atom stereocenters. The second-order valence-electron chi connectivity index (χ2n) is 10.7. The number of para-hydroxylation sites is 1. The fourth-order valence-corrected chi connectivity index (χ4v) is 5.88. The number of hydrogen-bond donors (Lipinski definition) is 0. The van der Waals surface area contributed by atoms with Gasteiger partial charge in [-0.15, -0.1) is 11.6 Å². The first-order valence-corrected chi connectivity index (χ1v) is 12.0. The Morgan fingerprint density at radius 3 is 2.00 bits per heavy atom. The Labute approximate surface area is 196 Å². The predicted octanol–water partition coefficient (Wildman–Crippen LogP) is 8.02. The lowest BCUT2D eigenvalue weighted by Crippen LogP contribution is -2.46. The molecule has 1 aliphatic heterocycles. The van der Waals surface area contributed by atoms with Gasteiger partial charge in [-0.3, -0.25) is 0 Å². The summed E-state index contributed by atoms with van der Waals surface area (Å²) in [5.74, 6) is 1.67. The van der Waals surface area contributed by atoms with E-state index in [0.29, 0.717) is 11.9 Å². The van der Waals surface area contributed by atoms with E-state index in [4.69, 9.17) is 16.3 Å². The zero-order chi connectivity index (χ0) is 23.6. The van der Waals surface area contributed by atoms with Gasteiger partial charge >= 0.3 is 0 Å². The molecule has 1 unspecified atom stereocenters. The van der Waals surface area contributed by atoms with Crippen molar-refractivity contribution in [1.29, 1.82) is 0 Å². The van der Waals surface area contributed by atoms with E-state index >= 15 is 0 Å². The summed E-state index contributed by atoms with van der Waals surface area (Å²) in [6, 6.07) is 13.0. The van der Waals surface area contributed by atoms with Crippen molar-refractivity contribution in [3.05, 3.63) is 58.7 Å². The topological polar surface area (TPSA) is 12.5 Å². The molecule has 0 bridgehead atoms. The van der Waals surface area contributed by atoms with E-state index in [1.165, 1.54) is 34.4 Å². The van der Waals surface area contributed by atoms with Crippen LogP contribution < -0.4 is 9.64 Å². The fraction of sp³-hybridized carbons (Fsp3) is 0.571. The Morgan fingerprint density at radius 1 is 0.968 bits per heavy atom. The van der Waals surface area contributed by atoms with Gasteiger partial charge in [-0.2, -0.15) is 0 Å². The molecule has 1 fully saturated rings. The van der Waals surface area contributed by atoms with Crippen LogP contribution in [0.15, 0.2) is 36.4 Å². The van der Waals surface area contributed by atoms with Crippen LogP contribution in [-0.4, -0.2) is 23.6 Å². The van der Waals surface area contributed by atoms with Crippen LogP contribution in [0.25, 0.3) is 0 Å². The number of nitrogens with zero attached hydrogens (tertiary/aromatic N) is 1. The zero-order valence-electron chi connectivity index (χ0n) is 21.3. The molecule has 2 aromatic carbocycles. The summed E-state index contributed by atoms with van der Waals surface area (Å²) >= 11 is 6.36. The van der Waals surface area contributed by atoms with Gasteiger partial charge in [0.05, 0.1) is 6.10 Å². The molecule has 1 aliphatic rings. The summed E-state index contributed by atoms with van der Waals surface area (Å²) < 4.78 is 5.54. The fourth-order valence-electron chi connectivity index (χ4n) is 5.32. The van der Waals surface area contributed by atoms with Gasteiger partial charge in [0.15, 0.2) is 0 Å². The van der Waals surface area contributed by atoms with Gasteiger partial charge in [0, 0.05) is 23.1 Å². The lowest BCUT2D eigenvalue weighted by molar-refractivity contribution is 0.241. The first kappa shape index (κ1) is 25.6. The number of anilines is 1. The maximum absolute atomic E-state index is 6.36. The molecule has 1 saturated heterocycles. The first-order valence-electron chi connectivity index (χ1n) is 11.5. The Hall–Kier alpha value is -1.67. The average Bonchev–Trinajstić information content (AvgIpc) is 2.80. The van der Waals surface area contributed by atoms with E-state index in [0.717, 1.165) is 5.75 Å². The van der Waals surface area contributed by atoms with Gasteiger partial charge in [-0.25, -0.2) is 0 Å². The summed E-state index contributed by atoms with van der Waals surface area (Å²) in [6.07, 6.45) is 1.43. The van der Waals surface area contributed by atoms with E-state index in [1.54, 1.807) is 0 Å². The van der Waals surface area contributed by atoms with E-state index in [-0.39, 0.29) is 17.1 Å². The largest absolute Gasteiger partial charge is 0.491 e. The number of halogens is 1. The molecule has 0 radical (unpaired) electrons. The van der Waals surface area contributed by atoms with Gasteiger partial charge in [0.25, 0.3) is 0 Å². The summed E-state index contributed by atoms with van der Waals surface area (Å²) in [5.41, 5.74) is 7.04. The van der Waals surface area contributed by atoms with Crippen molar-refractivity contribution in [3.63, 3.8) is 0 Å². The second-order valence-corrected chi connectivity index (χ2v) is 11.0. The molecular formula is C28H42ClNO. The number of aryl methyl sites for hydroxylation is 4. The van der Waals surface area contributed by atoms with Crippen LogP contribution in [0.5, 0.6) is 5.75 Å². The van der Waals surface area contributed by atoms with E-state index in [1.807, 2.05) is 32.0 Å². The number of rotatable bonds is 4. The average molecular weight is 444 g/mol. The predicted molar refractivity (Wildman–Crippen MR) is 137 cm³/mol. The van der Waals surface area contributed by atoms with Gasteiger partial charge in [0.1, 0.15) is 5.75 Å². The summed E-state index contributed by atoms with van der Waals surface area (Å²) in [7, 11) is 0. The van der Waals surface area contributed by atoms with Crippen molar-refractivity contribution in [1.82, 2.24) is 0 Å². The third kappa shape index (κ3) is 5.98. The molecule has 31 heavy (non-hydrogen) atoms. The van der Waals surface area contributed by atoms with Crippen LogP contribution >= 0.6 is 11.6 Å². The van der Waals surface area contributed by atoms with Crippen molar-refractivity contribution in [2.75, 3.05) is 10.8 Å². The number of ether oxygens (including phenoxy) is 1. The summed E-state index contributed by atoms with van der Waals surface area (Å²) in [4.78, 5) is 2.59. The van der Waals surface area contributed by atoms with Gasteiger partial charge < -0.3 is 9.64 Å². The van der Waals surface area contributed by atoms with E-state index in [2.05, 4.69) is 78.5 Å². The number of hydrogen-bond acceptors (Lipinski definition) is 2. The van der Waals surface area contributed by atoms with Gasteiger partial charge in [0.2, 0.25) is 0 Å². The van der Waals surface area contributed by atoms with Crippen LogP contribution in [0.1, 0.15) is 70.2 Å². The molecular weight excluding hydrogens is 402 g/mol. The molecule has 172 valence electrons. The maximum atomic E-state index is 6.36. The Bertz CT molecular complexity index is 861. The standard InChI is InChI=1S/C18H28ClN.C10H14O/c1-12-8-13(2)16(14(3)9-12)20-15(10-19)17(4,5)11-18(20,6)7;1-8(2)11-10-7-5-4-6-9(10)3/h8-9,15H,10-11H2,1-7H3;4-8H,1-3H3. The highest BCUT2D eigenvalue weighted by Gasteiger charge is 2.50. The van der Waals surface area contributed by atoms with Crippen molar-refractivity contribution >= 4 is 17.3 Å². The number of benzene rings is 2. The Morgan fingerprint density at radius 2 is 1.52 bits per heavy atom. The van der Waals surface area contributed by atoms with E-state index in [9.17, 15) is 0 Å². The minimum absolute atomic E-state index is 0.147. The minimum Gasteiger partial charge on any atom is -0.491 e. The molecule has 0 amide bonds. The van der Waals surface area contributed by atoms with Gasteiger partial charge in [-0.1, -0.05) is 49.7 Å². The van der Waals surface area contributed by atoms with Crippen LogP contribution in [0.4, 0.5) is 5.69 Å². The quantitative estimate of drug-likeness (QED) is 0.443. The molecule has 0 aromatic heterocycles. The molecule has 3 heteroatoms. The monoisotopic (exact) mass is 443 g/mol. The summed E-state index contributed by atoms with van der Waals surface area (Å²) in [6.45, 7) is 22.1. The van der Waals surface area contributed by atoms with Crippen molar-refractivity contribution in [2.45, 2.75) is 93.3 Å². The van der Waals surface area contributed by atoms with Crippen molar-refractivity contribution in [3.8, 4) is 5.75 Å². The molecule has 0 aliphatic carbocycles. The summed E-state index contributed by atoms with van der Waals surface area (Å²) in [5, 5.41) is 0. The van der Waals surface area contributed by atoms with Crippen molar-refractivity contribution in [2.24, 2.45) is 5.41 Å². The van der Waals surface area contributed by atoms with Crippen LogP contribution in [0.3, 0.4) is 0 Å². The van der Waals surface area contributed by atoms with Crippen molar-refractivity contribution < 1.29 is 4.74 Å². The third-order valence-corrected chi connectivity index (χ3v) is 6.53. The van der Waals surface area contributed by atoms with E-state index < -0.39 is 0 Å². The van der Waals surface area contributed by atoms with Crippen LogP contribution in [0, 0.1) is 33.1 Å². The maximum Gasteiger partial charge on any atom is 0.122 e. The Kier molecular flexibility index (Phi) is 8.14. The smallest absolute Gasteiger partial charge is 0.122 e. The highest BCUT2D eigenvalue weighted by atomic mass is 35.5. The zero-order valence-corrected chi connectivity index (χ0v) is 22.0. The lowest BCUT2D eigenvalue weighted by atomic mass is 9.82. The Balaban J connectivity index is 0.000000262. The SMILES string of the molecule is Cc1cc(C)c(N2C(CCl)C(C)(C)CC2(C)C)c(C)c1.Cc1ccccc1OC(C)C. The molecule has 2 aromatic rings. The highest BCUT2D eigenvalue weighted by molar-refractivity contribution is 6.18.